The third-order valence-corrected chi connectivity index (χ3v) is 8.99. The number of morpholine rings is 1. The van der Waals surface area contributed by atoms with Gasteiger partial charge >= 0.3 is 5.76 Å². The monoisotopic (exact) mass is 579 g/mol. The average molecular weight is 580 g/mol. The Hall–Kier alpha value is -4.31. The first kappa shape index (κ1) is 27.5. The summed E-state index contributed by atoms with van der Waals surface area (Å²) >= 11 is 0. The van der Waals surface area contributed by atoms with Crippen LogP contribution < -0.4 is 10.7 Å². The molecule has 0 radical (unpaired) electrons. The van der Waals surface area contributed by atoms with E-state index in [9.17, 15) is 4.79 Å². The van der Waals surface area contributed by atoms with Crippen molar-refractivity contribution >= 4 is 17.1 Å². The SMILES string of the molecule is CCc1cccc(-c2nc(-c3noc(=O)[nH]3)nc3nc(N4CCOCC4c4ccccc4)n(CC4CCC(C)CC4)c23)c1. The molecule has 2 aliphatic rings. The van der Waals surface area contributed by atoms with Crippen molar-refractivity contribution in [3.63, 3.8) is 0 Å². The van der Waals surface area contributed by atoms with Gasteiger partial charge in [-0.3, -0.25) is 9.51 Å². The van der Waals surface area contributed by atoms with E-state index in [1.54, 1.807) is 0 Å². The number of fused-ring (bicyclic) bond motifs is 1. The van der Waals surface area contributed by atoms with Crippen molar-refractivity contribution in [1.29, 1.82) is 0 Å². The molecule has 222 valence electrons. The number of aromatic nitrogens is 6. The summed E-state index contributed by atoms with van der Waals surface area (Å²) in [4.78, 5) is 32.0. The van der Waals surface area contributed by atoms with Gasteiger partial charge in [0.1, 0.15) is 11.2 Å². The van der Waals surface area contributed by atoms with Crippen molar-refractivity contribution in [2.24, 2.45) is 11.8 Å². The topological polar surface area (TPSA) is 115 Å². The maximum absolute atomic E-state index is 11.9. The highest BCUT2D eigenvalue weighted by atomic mass is 16.5. The molecule has 1 aliphatic heterocycles. The van der Waals surface area contributed by atoms with Crippen LogP contribution in [0.25, 0.3) is 34.1 Å². The van der Waals surface area contributed by atoms with Crippen molar-refractivity contribution in [3.8, 4) is 22.9 Å². The van der Waals surface area contributed by atoms with Gasteiger partial charge in [-0.15, -0.1) is 0 Å². The number of rotatable bonds is 7. The summed E-state index contributed by atoms with van der Waals surface area (Å²) in [6.07, 6.45) is 5.75. The third-order valence-electron chi connectivity index (χ3n) is 8.99. The van der Waals surface area contributed by atoms with Gasteiger partial charge in [0.25, 0.3) is 0 Å². The molecule has 7 rings (SSSR count). The van der Waals surface area contributed by atoms with Crippen molar-refractivity contribution in [2.75, 3.05) is 24.7 Å². The van der Waals surface area contributed by atoms with Gasteiger partial charge in [-0.2, -0.15) is 4.98 Å². The number of benzene rings is 2. The number of H-pyrrole nitrogens is 1. The summed E-state index contributed by atoms with van der Waals surface area (Å²) in [5, 5.41) is 3.90. The highest BCUT2D eigenvalue weighted by molar-refractivity contribution is 5.91. The number of hydrogen-bond donors (Lipinski definition) is 1. The van der Waals surface area contributed by atoms with E-state index < -0.39 is 5.76 Å². The Morgan fingerprint density at radius 3 is 2.60 bits per heavy atom. The van der Waals surface area contributed by atoms with Gasteiger partial charge in [-0.05, 0) is 48.3 Å². The Bertz CT molecular complexity index is 1770. The van der Waals surface area contributed by atoms with Gasteiger partial charge in [-0.1, -0.05) is 80.4 Å². The van der Waals surface area contributed by atoms with E-state index in [1.807, 2.05) is 6.07 Å². The van der Waals surface area contributed by atoms with Crippen LogP contribution in [0.1, 0.15) is 56.7 Å². The summed E-state index contributed by atoms with van der Waals surface area (Å²) in [7, 11) is 0. The van der Waals surface area contributed by atoms with E-state index in [1.165, 1.54) is 36.8 Å². The summed E-state index contributed by atoms with van der Waals surface area (Å²) < 4.78 is 13.2. The van der Waals surface area contributed by atoms with Crippen LogP contribution in [0, 0.1) is 11.8 Å². The quantitative estimate of drug-likeness (QED) is 0.257. The van der Waals surface area contributed by atoms with E-state index in [2.05, 4.69) is 82.0 Å². The van der Waals surface area contributed by atoms with Gasteiger partial charge in [0.2, 0.25) is 17.6 Å². The molecule has 0 amide bonds. The highest BCUT2D eigenvalue weighted by Crippen LogP contribution is 2.38. The highest BCUT2D eigenvalue weighted by Gasteiger charge is 2.32. The standard InChI is InChI=1S/C33H37N7O3/c1-3-22-8-7-11-25(18-22)27-28-29(35-30(34-27)31-37-33(41)43-38-31)36-32(40(28)19-23-14-12-21(2)13-15-23)39-16-17-42-20-26(39)24-9-5-4-6-10-24/h4-11,18,21,23,26H,3,12-17,19-20H2,1-2H3,(H,37,38,41). The van der Waals surface area contributed by atoms with Crippen molar-refractivity contribution in [1.82, 2.24) is 29.7 Å². The molecule has 2 fully saturated rings. The zero-order chi connectivity index (χ0) is 29.3. The zero-order valence-corrected chi connectivity index (χ0v) is 24.7. The van der Waals surface area contributed by atoms with Crippen molar-refractivity contribution < 1.29 is 9.26 Å². The lowest BCUT2D eigenvalue weighted by molar-refractivity contribution is 0.0927. The minimum Gasteiger partial charge on any atom is -0.377 e. The van der Waals surface area contributed by atoms with Gasteiger partial charge in [0, 0.05) is 18.7 Å². The summed E-state index contributed by atoms with van der Waals surface area (Å²) in [6.45, 7) is 7.25. The van der Waals surface area contributed by atoms with Gasteiger partial charge < -0.3 is 14.2 Å². The Balaban J connectivity index is 1.45. The zero-order valence-electron chi connectivity index (χ0n) is 24.7. The number of nitrogens with zero attached hydrogens (tertiary/aromatic N) is 6. The second-order valence-electron chi connectivity index (χ2n) is 11.9. The van der Waals surface area contributed by atoms with Crippen LogP contribution in [0.2, 0.25) is 0 Å². The summed E-state index contributed by atoms with van der Waals surface area (Å²) in [5.41, 5.74) is 5.62. The van der Waals surface area contributed by atoms with Gasteiger partial charge in [0.05, 0.1) is 19.3 Å². The Kier molecular flexibility index (Phi) is 7.52. The van der Waals surface area contributed by atoms with Crippen molar-refractivity contribution in [3.05, 3.63) is 76.3 Å². The Labute approximate surface area is 250 Å². The summed E-state index contributed by atoms with van der Waals surface area (Å²) in [5.74, 6) is 1.98. The molecule has 0 bridgehead atoms. The molecule has 5 aromatic rings. The van der Waals surface area contributed by atoms with Crippen LogP contribution in [0.5, 0.6) is 0 Å². The van der Waals surface area contributed by atoms with E-state index in [-0.39, 0.29) is 17.7 Å². The predicted octanol–water partition coefficient (Wildman–Crippen LogP) is 5.80. The van der Waals surface area contributed by atoms with Crippen LogP contribution in [-0.2, 0) is 17.7 Å². The molecule has 1 saturated carbocycles. The Morgan fingerprint density at radius 2 is 1.84 bits per heavy atom. The number of aryl methyl sites for hydroxylation is 1. The lowest BCUT2D eigenvalue weighted by atomic mass is 9.83. The molecule has 3 aromatic heterocycles. The average Bonchev–Trinajstić information content (AvgIpc) is 3.65. The summed E-state index contributed by atoms with van der Waals surface area (Å²) in [6, 6.07) is 19.0. The molecule has 2 aromatic carbocycles. The number of anilines is 1. The molecule has 0 spiro atoms. The second kappa shape index (κ2) is 11.8. The minimum atomic E-state index is -0.648. The molecule has 1 atom stereocenters. The minimum absolute atomic E-state index is 0.0167. The molecule has 1 unspecified atom stereocenters. The van der Waals surface area contributed by atoms with E-state index in [0.29, 0.717) is 31.3 Å². The molecular weight excluding hydrogens is 542 g/mol. The van der Waals surface area contributed by atoms with Gasteiger partial charge in [0.15, 0.2) is 5.65 Å². The van der Waals surface area contributed by atoms with Crippen LogP contribution in [0.3, 0.4) is 0 Å². The fourth-order valence-electron chi connectivity index (χ4n) is 6.55. The maximum Gasteiger partial charge on any atom is 0.439 e. The number of aromatic amines is 1. The fourth-order valence-corrected chi connectivity index (χ4v) is 6.55. The van der Waals surface area contributed by atoms with Crippen LogP contribution in [0.4, 0.5) is 5.95 Å². The number of hydrogen-bond acceptors (Lipinski definition) is 8. The molecule has 10 nitrogen and oxygen atoms in total. The molecule has 1 aliphatic carbocycles. The number of imidazole rings is 1. The molecule has 4 heterocycles. The maximum atomic E-state index is 11.9. The van der Waals surface area contributed by atoms with E-state index >= 15 is 0 Å². The second-order valence-corrected chi connectivity index (χ2v) is 11.9. The van der Waals surface area contributed by atoms with Crippen LogP contribution in [-0.4, -0.2) is 49.4 Å². The van der Waals surface area contributed by atoms with Crippen LogP contribution in [0.15, 0.2) is 63.9 Å². The number of nitrogens with one attached hydrogen (secondary N) is 1. The molecule has 10 heteroatoms. The first-order valence-electron chi connectivity index (χ1n) is 15.4. The predicted molar refractivity (Wildman–Crippen MR) is 165 cm³/mol. The normalized spacial score (nSPS) is 21.0. The Morgan fingerprint density at radius 1 is 1.00 bits per heavy atom. The molecule has 1 saturated heterocycles. The molecular formula is C33H37N7O3. The molecule has 1 N–H and O–H groups in total. The molecule has 43 heavy (non-hydrogen) atoms. The van der Waals surface area contributed by atoms with Crippen LogP contribution >= 0.6 is 0 Å². The smallest absolute Gasteiger partial charge is 0.377 e. The number of ether oxygens (including phenoxy) is 1. The first-order valence-corrected chi connectivity index (χ1v) is 15.4. The van der Waals surface area contributed by atoms with Gasteiger partial charge in [-0.25, -0.2) is 14.8 Å². The lowest BCUT2D eigenvalue weighted by Crippen LogP contribution is -2.41. The first-order chi connectivity index (χ1) is 21.1. The third kappa shape index (κ3) is 5.47. The van der Waals surface area contributed by atoms with E-state index in [4.69, 9.17) is 24.2 Å². The van der Waals surface area contributed by atoms with E-state index in [0.717, 1.165) is 41.6 Å². The fraction of sp³-hybridized carbons (Fsp3) is 0.424. The lowest BCUT2D eigenvalue weighted by Gasteiger charge is -2.37. The van der Waals surface area contributed by atoms with Crippen molar-refractivity contribution in [2.45, 2.75) is 58.5 Å². The largest absolute Gasteiger partial charge is 0.439 e.